The molecule has 3 nitrogen and oxygen atoms in total. The van der Waals surface area contributed by atoms with Crippen molar-refractivity contribution < 1.29 is 4.79 Å². The number of rotatable bonds is 5. The van der Waals surface area contributed by atoms with Crippen molar-refractivity contribution in [2.24, 2.45) is 5.92 Å². The monoisotopic (exact) mass is 288 g/mol. The van der Waals surface area contributed by atoms with Crippen LogP contribution in [0, 0.1) is 19.8 Å². The zero-order valence-electron chi connectivity index (χ0n) is 13.6. The molecule has 3 heteroatoms. The minimum absolute atomic E-state index is 0.0551. The molecule has 1 heterocycles. The Balaban J connectivity index is 1.72. The van der Waals surface area contributed by atoms with Crippen molar-refractivity contribution in [1.82, 2.24) is 10.2 Å². The lowest BCUT2D eigenvalue weighted by Gasteiger charge is -2.30. The molecule has 1 saturated heterocycles. The van der Waals surface area contributed by atoms with Gasteiger partial charge in [0.1, 0.15) is 0 Å². The highest BCUT2D eigenvalue weighted by atomic mass is 16.1. The summed E-state index contributed by atoms with van der Waals surface area (Å²) in [6.45, 7) is 10.7. The summed E-state index contributed by atoms with van der Waals surface area (Å²) in [7, 11) is 0. The molecule has 1 aromatic rings. The van der Waals surface area contributed by atoms with Gasteiger partial charge in [0.2, 0.25) is 0 Å². The van der Waals surface area contributed by atoms with Gasteiger partial charge < -0.3 is 10.2 Å². The van der Waals surface area contributed by atoms with E-state index in [1.165, 1.54) is 31.5 Å². The Morgan fingerprint density at radius 2 is 2.19 bits per heavy atom. The van der Waals surface area contributed by atoms with Gasteiger partial charge in [-0.05, 0) is 63.7 Å². The number of hydrogen-bond acceptors (Lipinski definition) is 2. The summed E-state index contributed by atoms with van der Waals surface area (Å²) in [5, 5.41) is 3.04. The highest BCUT2D eigenvalue weighted by Gasteiger charge is 2.15. The van der Waals surface area contributed by atoms with Crippen LogP contribution in [-0.2, 0) is 0 Å². The van der Waals surface area contributed by atoms with Crippen LogP contribution in [0.1, 0.15) is 47.7 Å². The highest BCUT2D eigenvalue weighted by molar-refractivity contribution is 5.95. The van der Waals surface area contributed by atoms with Gasteiger partial charge in [0.15, 0.2) is 0 Å². The van der Waals surface area contributed by atoms with Gasteiger partial charge in [0.05, 0.1) is 0 Å². The Labute approximate surface area is 128 Å². The second-order valence-corrected chi connectivity index (χ2v) is 6.48. The highest BCUT2D eigenvalue weighted by Crippen LogP contribution is 2.15. The number of carbonyl (C=O) groups is 1. The Kier molecular flexibility index (Phi) is 5.80. The SMILES string of the molecule is Cc1ccc(C(=O)NCCCN2CCCC(C)C2)c(C)c1. The van der Waals surface area contributed by atoms with Gasteiger partial charge in [-0.1, -0.05) is 24.6 Å². The standard InChI is InChI=1S/C18H28N2O/c1-14-7-8-17(16(3)12-14)18(21)19-9-5-11-20-10-4-6-15(2)13-20/h7-8,12,15H,4-6,9-11,13H2,1-3H3,(H,19,21). The first kappa shape index (κ1) is 16.0. The molecule has 0 saturated carbocycles. The number of piperidine rings is 1. The molecule has 0 bridgehead atoms. The van der Waals surface area contributed by atoms with E-state index in [4.69, 9.17) is 0 Å². The summed E-state index contributed by atoms with van der Waals surface area (Å²) in [6, 6.07) is 5.98. The molecule has 1 aliphatic rings. The van der Waals surface area contributed by atoms with Crippen LogP contribution in [-0.4, -0.2) is 37.0 Å². The van der Waals surface area contributed by atoms with Crippen molar-refractivity contribution >= 4 is 5.91 Å². The molecule has 0 spiro atoms. The van der Waals surface area contributed by atoms with E-state index < -0.39 is 0 Å². The van der Waals surface area contributed by atoms with Crippen LogP contribution < -0.4 is 5.32 Å². The maximum Gasteiger partial charge on any atom is 0.251 e. The first-order valence-electron chi connectivity index (χ1n) is 8.14. The molecule has 1 aromatic carbocycles. The zero-order chi connectivity index (χ0) is 15.2. The molecule has 1 fully saturated rings. The average molecular weight is 288 g/mol. The van der Waals surface area contributed by atoms with Crippen molar-refractivity contribution in [3.8, 4) is 0 Å². The summed E-state index contributed by atoms with van der Waals surface area (Å²) in [6.07, 6.45) is 3.71. The molecular weight excluding hydrogens is 260 g/mol. The molecule has 0 aromatic heterocycles. The summed E-state index contributed by atoms with van der Waals surface area (Å²) in [5.41, 5.74) is 3.05. The molecule has 1 atom stereocenters. The molecule has 1 amide bonds. The summed E-state index contributed by atoms with van der Waals surface area (Å²) in [4.78, 5) is 14.7. The predicted octanol–water partition coefficient (Wildman–Crippen LogP) is 3.16. The van der Waals surface area contributed by atoms with E-state index >= 15 is 0 Å². The van der Waals surface area contributed by atoms with Crippen LogP contribution in [0.25, 0.3) is 0 Å². The quantitative estimate of drug-likeness (QED) is 0.844. The van der Waals surface area contributed by atoms with E-state index in [2.05, 4.69) is 23.2 Å². The van der Waals surface area contributed by atoms with Crippen molar-refractivity contribution in [1.29, 1.82) is 0 Å². The summed E-state index contributed by atoms with van der Waals surface area (Å²) < 4.78 is 0. The molecular formula is C18H28N2O. The maximum atomic E-state index is 12.2. The van der Waals surface area contributed by atoms with Gasteiger partial charge >= 0.3 is 0 Å². The average Bonchev–Trinajstić information content (AvgIpc) is 2.43. The van der Waals surface area contributed by atoms with Crippen LogP contribution in [0.3, 0.4) is 0 Å². The van der Waals surface area contributed by atoms with E-state index in [0.717, 1.165) is 36.6 Å². The molecule has 0 radical (unpaired) electrons. The maximum absolute atomic E-state index is 12.2. The second-order valence-electron chi connectivity index (χ2n) is 6.48. The Morgan fingerprint density at radius 1 is 1.38 bits per heavy atom. The molecule has 1 N–H and O–H groups in total. The lowest BCUT2D eigenvalue weighted by atomic mass is 10.0. The predicted molar refractivity (Wildman–Crippen MR) is 87.7 cm³/mol. The van der Waals surface area contributed by atoms with Crippen molar-refractivity contribution in [3.63, 3.8) is 0 Å². The fourth-order valence-electron chi connectivity index (χ4n) is 3.16. The number of aryl methyl sites for hydroxylation is 2. The number of likely N-dealkylation sites (tertiary alicyclic amines) is 1. The number of nitrogens with zero attached hydrogens (tertiary/aromatic N) is 1. The summed E-state index contributed by atoms with van der Waals surface area (Å²) >= 11 is 0. The smallest absolute Gasteiger partial charge is 0.251 e. The Hall–Kier alpha value is -1.35. The second kappa shape index (κ2) is 7.60. The fourth-order valence-corrected chi connectivity index (χ4v) is 3.16. The van der Waals surface area contributed by atoms with Crippen LogP contribution in [0.4, 0.5) is 0 Å². The van der Waals surface area contributed by atoms with E-state index in [9.17, 15) is 4.79 Å². The van der Waals surface area contributed by atoms with Gasteiger partial charge in [-0.3, -0.25) is 4.79 Å². The van der Waals surface area contributed by atoms with Gasteiger partial charge in [-0.2, -0.15) is 0 Å². The third-order valence-electron chi connectivity index (χ3n) is 4.30. The fraction of sp³-hybridized carbons (Fsp3) is 0.611. The third-order valence-corrected chi connectivity index (χ3v) is 4.30. The molecule has 1 aliphatic heterocycles. The topological polar surface area (TPSA) is 32.3 Å². The Morgan fingerprint density at radius 3 is 2.90 bits per heavy atom. The number of amides is 1. The van der Waals surface area contributed by atoms with Crippen molar-refractivity contribution in [2.45, 2.75) is 40.0 Å². The number of hydrogen-bond donors (Lipinski definition) is 1. The molecule has 0 aliphatic carbocycles. The molecule has 2 rings (SSSR count). The number of nitrogens with one attached hydrogen (secondary N) is 1. The van der Waals surface area contributed by atoms with Crippen LogP contribution in [0.15, 0.2) is 18.2 Å². The zero-order valence-corrected chi connectivity index (χ0v) is 13.6. The molecule has 21 heavy (non-hydrogen) atoms. The van der Waals surface area contributed by atoms with Crippen molar-refractivity contribution in [2.75, 3.05) is 26.2 Å². The van der Waals surface area contributed by atoms with Gasteiger partial charge in [-0.15, -0.1) is 0 Å². The largest absolute Gasteiger partial charge is 0.352 e. The number of carbonyl (C=O) groups excluding carboxylic acids is 1. The lowest BCUT2D eigenvalue weighted by Crippen LogP contribution is -2.36. The van der Waals surface area contributed by atoms with Crippen LogP contribution in [0.2, 0.25) is 0 Å². The van der Waals surface area contributed by atoms with E-state index in [1.807, 2.05) is 26.0 Å². The third kappa shape index (κ3) is 4.85. The summed E-state index contributed by atoms with van der Waals surface area (Å²) in [5.74, 6) is 0.878. The van der Waals surface area contributed by atoms with Gasteiger partial charge in [0, 0.05) is 18.7 Å². The van der Waals surface area contributed by atoms with Crippen LogP contribution >= 0.6 is 0 Å². The normalized spacial score (nSPS) is 19.5. The first-order chi connectivity index (χ1) is 10.1. The van der Waals surface area contributed by atoms with E-state index in [-0.39, 0.29) is 5.91 Å². The first-order valence-corrected chi connectivity index (χ1v) is 8.14. The van der Waals surface area contributed by atoms with Crippen molar-refractivity contribution in [3.05, 3.63) is 34.9 Å². The van der Waals surface area contributed by atoms with E-state index in [0.29, 0.717) is 0 Å². The number of benzene rings is 1. The van der Waals surface area contributed by atoms with Gasteiger partial charge in [-0.25, -0.2) is 0 Å². The minimum atomic E-state index is 0.0551. The van der Waals surface area contributed by atoms with Crippen LogP contribution in [0.5, 0.6) is 0 Å². The lowest BCUT2D eigenvalue weighted by molar-refractivity contribution is 0.0949. The molecule has 1 unspecified atom stereocenters. The minimum Gasteiger partial charge on any atom is -0.352 e. The Bertz CT molecular complexity index is 484. The van der Waals surface area contributed by atoms with E-state index in [1.54, 1.807) is 0 Å². The molecule has 116 valence electrons. The van der Waals surface area contributed by atoms with Gasteiger partial charge in [0.25, 0.3) is 5.91 Å².